The number of aliphatic carboxylic acids is 1. The molecule has 2 amide bonds. The van der Waals surface area contributed by atoms with Gasteiger partial charge in [-0.2, -0.15) is 0 Å². The molecule has 4 rings (SSSR count). The number of anilines is 1. The van der Waals surface area contributed by atoms with E-state index in [4.69, 9.17) is 0 Å². The summed E-state index contributed by atoms with van der Waals surface area (Å²) < 4.78 is 0. The fourth-order valence-corrected chi connectivity index (χ4v) is 4.41. The van der Waals surface area contributed by atoms with Gasteiger partial charge in [-0.25, -0.2) is 0 Å². The van der Waals surface area contributed by atoms with Gasteiger partial charge >= 0.3 is 5.97 Å². The highest BCUT2D eigenvalue weighted by Gasteiger charge is 2.27. The molecule has 0 aliphatic carbocycles. The van der Waals surface area contributed by atoms with Gasteiger partial charge < -0.3 is 20.2 Å². The molecule has 1 atom stereocenters. The molecule has 0 radical (unpaired) electrons. The fraction of sp³-hybridized carbons (Fsp3) is 0.259. The smallest absolute Gasteiger partial charge is 0.305 e. The fourth-order valence-electron chi connectivity index (χ4n) is 4.41. The summed E-state index contributed by atoms with van der Waals surface area (Å²) in [6.45, 7) is 1.67. The van der Waals surface area contributed by atoms with Gasteiger partial charge in [-0.3, -0.25) is 29.5 Å². The molecule has 0 saturated carbocycles. The molecule has 2 aromatic carbocycles. The predicted molar refractivity (Wildman–Crippen MR) is 139 cm³/mol. The van der Waals surface area contributed by atoms with Crippen molar-refractivity contribution in [2.75, 3.05) is 31.1 Å². The number of carbonyl (C=O) groups excluding carboxylic acids is 2. The standard InChI is InChI=1S/C27H27N5O6/c33-25(15-19-5-2-1-3-6-19)31-13-11-30(12-14-31)23-9-8-20(16-24(23)32(37)38)27(36)29-22(17-26(34)35)21-7-4-10-28-18-21/h1-10,16,18,22H,11-15,17H2,(H,29,36)(H,34,35). The number of nitro benzene ring substituents is 1. The Labute approximate surface area is 218 Å². The van der Waals surface area contributed by atoms with E-state index in [0.717, 1.165) is 5.56 Å². The summed E-state index contributed by atoms with van der Waals surface area (Å²) in [5, 5.41) is 23.8. The SMILES string of the molecule is O=C(O)CC(NC(=O)c1ccc(N2CCN(C(=O)Cc3ccccc3)CC2)c([N+](=O)[O-])c1)c1cccnc1. The molecule has 1 unspecified atom stereocenters. The van der Waals surface area contributed by atoms with Crippen molar-refractivity contribution in [3.8, 4) is 0 Å². The van der Waals surface area contributed by atoms with E-state index in [9.17, 15) is 29.6 Å². The molecular weight excluding hydrogens is 490 g/mol. The van der Waals surface area contributed by atoms with Gasteiger partial charge in [0.25, 0.3) is 11.6 Å². The van der Waals surface area contributed by atoms with Gasteiger partial charge in [0.2, 0.25) is 5.91 Å². The number of carbonyl (C=O) groups is 3. The van der Waals surface area contributed by atoms with Crippen LogP contribution in [0.25, 0.3) is 0 Å². The van der Waals surface area contributed by atoms with Crippen LogP contribution >= 0.6 is 0 Å². The number of hydrogen-bond acceptors (Lipinski definition) is 7. The van der Waals surface area contributed by atoms with Crippen LogP contribution in [0.15, 0.2) is 73.1 Å². The van der Waals surface area contributed by atoms with Crippen LogP contribution in [0.4, 0.5) is 11.4 Å². The van der Waals surface area contributed by atoms with E-state index in [1.807, 2.05) is 35.2 Å². The van der Waals surface area contributed by atoms with E-state index in [2.05, 4.69) is 10.3 Å². The Hall–Kier alpha value is -4.80. The van der Waals surface area contributed by atoms with E-state index in [0.29, 0.717) is 43.9 Å². The summed E-state index contributed by atoms with van der Waals surface area (Å²) in [4.78, 5) is 55.8. The number of nitrogens with one attached hydrogen (secondary N) is 1. The number of aromatic nitrogens is 1. The van der Waals surface area contributed by atoms with Crippen molar-refractivity contribution in [3.05, 3.63) is 99.9 Å². The molecule has 11 heteroatoms. The van der Waals surface area contributed by atoms with Crippen molar-refractivity contribution in [2.45, 2.75) is 18.9 Å². The summed E-state index contributed by atoms with van der Waals surface area (Å²) in [6, 6.07) is 16.1. The van der Waals surface area contributed by atoms with Crippen LogP contribution in [0.2, 0.25) is 0 Å². The quantitative estimate of drug-likeness (QED) is 0.325. The van der Waals surface area contributed by atoms with Crippen LogP contribution in [0, 0.1) is 10.1 Å². The molecule has 3 aromatic rings. The second kappa shape index (κ2) is 12.0. The number of carboxylic acid groups (broad SMARTS) is 1. The van der Waals surface area contributed by atoms with Crippen LogP contribution in [0.1, 0.15) is 33.9 Å². The van der Waals surface area contributed by atoms with E-state index in [1.165, 1.54) is 30.6 Å². The van der Waals surface area contributed by atoms with E-state index in [-0.39, 0.29) is 23.6 Å². The Morgan fingerprint density at radius 2 is 1.76 bits per heavy atom. The van der Waals surface area contributed by atoms with Crippen LogP contribution in [-0.2, 0) is 16.0 Å². The van der Waals surface area contributed by atoms with Crippen LogP contribution in [-0.4, -0.2) is 63.9 Å². The first-order valence-corrected chi connectivity index (χ1v) is 12.1. The van der Waals surface area contributed by atoms with Gasteiger partial charge in [0.1, 0.15) is 5.69 Å². The third-order valence-electron chi connectivity index (χ3n) is 6.38. The minimum Gasteiger partial charge on any atom is -0.481 e. The van der Waals surface area contributed by atoms with Gasteiger partial charge in [0, 0.05) is 50.2 Å². The number of hydrogen-bond donors (Lipinski definition) is 2. The number of benzene rings is 2. The maximum absolute atomic E-state index is 12.9. The number of piperazine rings is 1. The monoisotopic (exact) mass is 517 g/mol. The Kier molecular flexibility index (Phi) is 8.27. The number of nitrogens with zero attached hydrogens (tertiary/aromatic N) is 4. The summed E-state index contributed by atoms with van der Waals surface area (Å²) in [6.07, 6.45) is 2.92. The number of amides is 2. The zero-order chi connectivity index (χ0) is 27.1. The third-order valence-corrected chi connectivity index (χ3v) is 6.38. The van der Waals surface area contributed by atoms with E-state index >= 15 is 0 Å². The number of rotatable bonds is 9. The summed E-state index contributed by atoms with van der Waals surface area (Å²) >= 11 is 0. The van der Waals surface area contributed by atoms with Gasteiger partial charge in [0.15, 0.2) is 0 Å². The summed E-state index contributed by atoms with van der Waals surface area (Å²) in [5.74, 6) is -1.74. The highest BCUT2D eigenvalue weighted by Crippen LogP contribution is 2.30. The lowest BCUT2D eigenvalue weighted by molar-refractivity contribution is -0.384. The maximum atomic E-state index is 12.9. The minimum atomic E-state index is -1.11. The van der Waals surface area contributed by atoms with Crippen LogP contribution in [0.5, 0.6) is 0 Å². The second-order valence-electron chi connectivity index (χ2n) is 8.90. The van der Waals surface area contributed by atoms with Crippen LogP contribution in [0.3, 0.4) is 0 Å². The van der Waals surface area contributed by atoms with Crippen molar-refractivity contribution >= 4 is 29.2 Å². The number of nitro groups is 1. The Morgan fingerprint density at radius 3 is 2.39 bits per heavy atom. The average Bonchev–Trinajstić information content (AvgIpc) is 2.93. The highest BCUT2D eigenvalue weighted by atomic mass is 16.6. The summed E-state index contributed by atoms with van der Waals surface area (Å²) in [5.41, 5.74) is 1.60. The molecule has 1 fully saturated rings. The Morgan fingerprint density at radius 1 is 1.03 bits per heavy atom. The van der Waals surface area contributed by atoms with E-state index in [1.54, 1.807) is 17.0 Å². The van der Waals surface area contributed by atoms with Crippen molar-refractivity contribution in [3.63, 3.8) is 0 Å². The van der Waals surface area contributed by atoms with Gasteiger partial charge in [0.05, 0.1) is 23.8 Å². The van der Waals surface area contributed by atoms with Gasteiger partial charge in [-0.15, -0.1) is 0 Å². The molecule has 0 bridgehead atoms. The number of pyridine rings is 1. The van der Waals surface area contributed by atoms with Crippen LogP contribution < -0.4 is 10.2 Å². The van der Waals surface area contributed by atoms with Crippen molar-refractivity contribution in [1.82, 2.24) is 15.2 Å². The lowest BCUT2D eigenvalue weighted by atomic mass is 10.0. The van der Waals surface area contributed by atoms with Crippen molar-refractivity contribution < 1.29 is 24.4 Å². The van der Waals surface area contributed by atoms with E-state index < -0.39 is 22.8 Å². The molecule has 1 aliphatic heterocycles. The number of carboxylic acids is 1. The first kappa shape index (κ1) is 26.3. The maximum Gasteiger partial charge on any atom is 0.305 e. The summed E-state index contributed by atoms with van der Waals surface area (Å²) in [7, 11) is 0. The average molecular weight is 518 g/mol. The molecular formula is C27H27N5O6. The normalized spacial score (nSPS) is 14.0. The largest absolute Gasteiger partial charge is 0.481 e. The zero-order valence-corrected chi connectivity index (χ0v) is 20.5. The minimum absolute atomic E-state index is 0.00176. The molecule has 1 aliphatic rings. The molecule has 38 heavy (non-hydrogen) atoms. The molecule has 11 nitrogen and oxygen atoms in total. The lowest BCUT2D eigenvalue weighted by Crippen LogP contribution is -2.49. The van der Waals surface area contributed by atoms with Gasteiger partial charge in [-0.05, 0) is 29.3 Å². The Bertz CT molecular complexity index is 1310. The Balaban J connectivity index is 1.45. The van der Waals surface area contributed by atoms with Crippen molar-refractivity contribution in [1.29, 1.82) is 0 Å². The third kappa shape index (κ3) is 6.49. The molecule has 2 heterocycles. The molecule has 1 aromatic heterocycles. The topological polar surface area (TPSA) is 146 Å². The first-order valence-electron chi connectivity index (χ1n) is 12.1. The van der Waals surface area contributed by atoms with Crippen molar-refractivity contribution in [2.24, 2.45) is 0 Å². The highest BCUT2D eigenvalue weighted by molar-refractivity contribution is 5.96. The zero-order valence-electron chi connectivity index (χ0n) is 20.5. The molecule has 196 valence electrons. The predicted octanol–water partition coefficient (Wildman–Crippen LogP) is 2.83. The lowest BCUT2D eigenvalue weighted by Gasteiger charge is -2.36. The second-order valence-corrected chi connectivity index (χ2v) is 8.90. The van der Waals surface area contributed by atoms with Gasteiger partial charge in [-0.1, -0.05) is 36.4 Å². The molecule has 1 saturated heterocycles. The molecule has 0 spiro atoms. The molecule has 2 N–H and O–H groups in total. The first-order chi connectivity index (χ1) is 18.3.